The van der Waals surface area contributed by atoms with Gasteiger partial charge < -0.3 is 14.6 Å². The highest BCUT2D eigenvalue weighted by Gasteiger charge is 2.36. The molecule has 6 heteroatoms. The highest BCUT2D eigenvalue weighted by atomic mass is 19.1. The lowest BCUT2D eigenvalue weighted by atomic mass is 9.83. The summed E-state index contributed by atoms with van der Waals surface area (Å²) in [5.41, 5.74) is 2.16. The fourth-order valence-electron chi connectivity index (χ4n) is 4.21. The molecule has 1 atom stereocenters. The number of aromatic nitrogens is 1. The quantitative estimate of drug-likeness (QED) is 0.534. The zero-order chi connectivity index (χ0) is 23.5. The van der Waals surface area contributed by atoms with Crippen LogP contribution in [0.5, 0.6) is 0 Å². The van der Waals surface area contributed by atoms with E-state index in [0.717, 1.165) is 23.4 Å². The van der Waals surface area contributed by atoms with Crippen LogP contribution in [0.3, 0.4) is 0 Å². The Kier molecular flexibility index (Phi) is 7.14. The molecule has 0 radical (unpaired) electrons. The van der Waals surface area contributed by atoms with E-state index in [4.69, 9.17) is 0 Å². The van der Waals surface area contributed by atoms with Gasteiger partial charge in [0, 0.05) is 36.1 Å². The lowest BCUT2D eigenvalue weighted by molar-refractivity contribution is -0.139. The van der Waals surface area contributed by atoms with Crippen LogP contribution in [0.1, 0.15) is 45.0 Å². The van der Waals surface area contributed by atoms with E-state index in [9.17, 15) is 18.7 Å². The first-order valence-electron chi connectivity index (χ1n) is 10.8. The molecule has 0 saturated carbocycles. The monoisotopic (exact) mass is 440 g/mol. The summed E-state index contributed by atoms with van der Waals surface area (Å²) in [4.78, 5) is 14.2. The number of carbonyl (C=O) groups excluding carboxylic acids is 1. The van der Waals surface area contributed by atoms with Gasteiger partial charge in [-0.05, 0) is 42.2 Å². The van der Waals surface area contributed by atoms with E-state index < -0.39 is 18.2 Å². The molecule has 3 rings (SSSR count). The van der Waals surface area contributed by atoms with Crippen LogP contribution in [-0.2, 0) is 11.3 Å². The predicted molar refractivity (Wildman–Crippen MR) is 122 cm³/mol. The van der Waals surface area contributed by atoms with Crippen molar-refractivity contribution in [2.45, 2.75) is 40.3 Å². The fraction of sp³-hybridized carbons (Fsp3) is 0.346. The van der Waals surface area contributed by atoms with Crippen molar-refractivity contribution in [3.8, 4) is 11.1 Å². The predicted octanol–water partition coefficient (Wildman–Crippen LogP) is 5.41. The summed E-state index contributed by atoms with van der Waals surface area (Å²) in [6.45, 7) is 8.25. The molecule has 3 aromatic rings. The van der Waals surface area contributed by atoms with E-state index in [1.165, 1.54) is 6.07 Å². The number of benzene rings is 2. The normalized spacial score (nSPS) is 12.6. The molecule has 0 unspecified atom stereocenters. The second-order valence-electron chi connectivity index (χ2n) is 9.00. The maximum Gasteiger partial charge on any atom is 0.248 e. The Morgan fingerprint density at radius 3 is 2.38 bits per heavy atom. The Morgan fingerprint density at radius 2 is 1.78 bits per heavy atom. The zero-order valence-corrected chi connectivity index (χ0v) is 19.0. The molecular formula is C26H30F2N2O2. The second-order valence-corrected chi connectivity index (χ2v) is 9.00. The van der Waals surface area contributed by atoms with E-state index >= 15 is 0 Å². The molecule has 0 saturated heterocycles. The summed E-state index contributed by atoms with van der Waals surface area (Å²) in [7, 11) is 0. The Bertz CT molecular complexity index is 1070. The number of hydrogen-bond donors (Lipinski definition) is 1. The summed E-state index contributed by atoms with van der Waals surface area (Å²) in [6, 6.07) is 14.6. The fourth-order valence-corrected chi connectivity index (χ4v) is 4.21. The van der Waals surface area contributed by atoms with Gasteiger partial charge in [-0.25, -0.2) is 8.78 Å². The standard InChI is InChI=1S/C26H30F2N2O2/c1-5-30(24(32)17-31)25(26(2,3)4)23-13-19(21-14-20(27)11-12-22(21)28)16-29(23)15-18-9-7-6-8-10-18/h6-14,16,25,31H,5,15,17H2,1-4H3/t25-/m0/s1. The molecule has 1 amide bonds. The Morgan fingerprint density at radius 1 is 1.09 bits per heavy atom. The average Bonchev–Trinajstić information content (AvgIpc) is 3.15. The van der Waals surface area contributed by atoms with Crippen molar-refractivity contribution in [3.05, 3.63) is 83.7 Å². The van der Waals surface area contributed by atoms with Crippen molar-refractivity contribution in [3.63, 3.8) is 0 Å². The first kappa shape index (κ1) is 23.7. The Balaban J connectivity index is 2.21. The van der Waals surface area contributed by atoms with Gasteiger partial charge in [-0.2, -0.15) is 0 Å². The van der Waals surface area contributed by atoms with Gasteiger partial charge in [0.1, 0.15) is 18.2 Å². The van der Waals surface area contributed by atoms with E-state index in [-0.39, 0.29) is 22.9 Å². The third-order valence-corrected chi connectivity index (χ3v) is 5.57. The van der Waals surface area contributed by atoms with Crippen LogP contribution in [0.2, 0.25) is 0 Å². The zero-order valence-electron chi connectivity index (χ0n) is 19.0. The maximum atomic E-state index is 14.6. The van der Waals surface area contributed by atoms with E-state index in [0.29, 0.717) is 18.7 Å². The van der Waals surface area contributed by atoms with Gasteiger partial charge in [-0.15, -0.1) is 0 Å². The molecule has 0 bridgehead atoms. The van der Waals surface area contributed by atoms with E-state index in [1.807, 2.05) is 68.7 Å². The van der Waals surface area contributed by atoms with Crippen LogP contribution in [0, 0.1) is 17.0 Å². The number of hydrogen-bond acceptors (Lipinski definition) is 2. The number of rotatable bonds is 7. The number of carbonyl (C=O) groups is 1. The summed E-state index contributed by atoms with van der Waals surface area (Å²) < 4.78 is 30.5. The molecule has 1 aromatic heterocycles. The summed E-state index contributed by atoms with van der Waals surface area (Å²) >= 11 is 0. The largest absolute Gasteiger partial charge is 0.387 e. The third-order valence-electron chi connectivity index (χ3n) is 5.57. The highest BCUT2D eigenvalue weighted by molar-refractivity contribution is 5.78. The lowest BCUT2D eigenvalue weighted by Gasteiger charge is -2.40. The SMILES string of the molecule is CCN(C(=O)CO)[C@@H](c1cc(-c2cc(F)ccc2F)cn1Cc1ccccc1)C(C)(C)C. The molecule has 0 aliphatic carbocycles. The van der Waals surface area contributed by atoms with Crippen LogP contribution in [0.25, 0.3) is 11.1 Å². The number of halogens is 2. The minimum absolute atomic E-state index is 0.169. The second kappa shape index (κ2) is 9.65. The summed E-state index contributed by atoms with van der Waals surface area (Å²) in [5.74, 6) is -1.41. The van der Waals surface area contributed by atoms with Crippen LogP contribution >= 0.6 is 0 Å². The molecule has 170 valence electrons. The Hall–Kier alpha value is -2.99. The van der Waals surface area contributed by atoms with Crippen molar-refractivity contribution in [1.82, 2.24) is 9.47 Å². The van der Waals surface area contributed by atoms with Crippen molar-refractivity contribution >= 4 is 5.91 Å². The maximum absolute atomic E-state index is 14.6. The smallest absolute Gasteiger partial charge is 0.248 e. The van der Waals surface area contributed by atoms with Crippen LogP contribution in [0.4, 0.5) is 8.78 Å². The van der Waals surface area contributed by atoms with Crippen molar-refractivity contribution in [2.75, 3.05) is 13.2 Å². The average molecular weight is 441 g/mol. The molecule has 0 fully saturated rings. The summed E-state index contributed by atoms with van der Waals surface area (Å²) in [6.07, 6.45) is 1.80. The van der Waals surface area contributed by atoms with Gasteiger partial charge >= 0.3 is 0 Å². The number of amides is 1. The van der Waals surface area contributed by atoms with Gasteiger partial charge in [0.2, 0.25) is 5.91 Å². The van der Waals surface area contributed by atoms with Crippen LogP contribution in [-0.4, -0.2) is 33.6 Å². The molecule has 0 aliphatic heterocycles. The number of aliphatic hydroxyl groups excluding tert-OH is 1. The molecule has 0 spiro atoms. The number of likely N-dealkylation sites (N-methyl/N-ethyl adjacent to an activating group) is 1. The minimum atomic E-state index is -0.592. The third kappa shape index (κ3) is 5.07. The van der Waals surface area contributed by atoms with Crippen molar-refractivity contribution in [1.29, 1.82) is 0 Å². The van der Waals surface area contributed by atoms with Crippen molar-refractivity contribution < 1.29 is 18.7 Å². The molecule has 0 aliphatic rings. The first-order valence-corrected chi connectivity index (χ1v) is 10.8. The van der Waals surface area contributed by atoms with E-state index in [1.54, 1.807) is 11.1 Å². The highest BCUT2D eigenvalue weighted by Crippen LogP contribution is 2.41. The van der Waals surface area contributed by atoms with E-state index in [2.05, 4.69) is 0 Å². The molecule has 1 heterocycles. The van der Waals surface area contributed by atoms with Gasteiger partial charge in [-0.1, -0.05) is 51.1 Å². The molecule has 2 aromatic carbocycles. The molecule has 4 nitrogen and oxygen atoms in total. The van der Waals surface area contributed by atoms with Gasteiger partial charge in [0.15, 0.2) is 0 Å². The summed E-state index contributed by atoms with van der Waals surface area (Å²) in [5, 5.41) is 9.56. The van der Waals surface area contributed by atoms with Gasteiger partial charge in [-0.3, -0.25) is 4.79 Å². The van der Waals surface area contributed by atoms with Crippen LogP contribution in [0.15, 0.2) is 60.8 Å². The molecule has 32 heavy (non-hydrogen) atoms. The number of aliphatic hydroxyl groups is 1. The number of nitrogens with zero attached hydrogens (tertiary/aromatic N) is 2. The Labute approximate surface area is 188 Å². The van der Waals surface area contributed by atoms with Gasteiger partial charge in [0.25, 0.3) is 0 Å². The van der Waals surface area contributed by atoms with Crippen molar-refractivity contribution in [2.24, 2.45) is 5.41 Å². The lowest BCUT2D eigenvalue weighted by Crippen LogP contribution is -2.43. The van der Waals surface area contributed by atoms with Gasteiger partial charge in [0.05, 0.1) is 6.04 Å². The first-order chi connectivity index (χ1) is 15.2. The molecule has 1 N–H and O–H groups in total. The minimum Gasteiger partial charge on any atom is -0.387 e. The topological polar surface area (TPSA) is 45.5 Å². The molecular weight excluding hydrogens is 410 g/mol. The van der Waals surface area contributed by atoms with Crippen LogP contribution < -0.4 is 0 Å².